The fraction of sp³-hybridized carbons (Fsp3) is 0.717. The van der Waals surface area contributed by atoms with E-state index in [-0.39, 0.29) is 37.5 Å². The average Bonchev–Trinajstić information content (AvgIpc) is 3.14. The molecule has 0 bridgehead atoms. The van der Waals surface area contributed by atoms with Crippen LogP contribution in [0.1, 0.15) is 194 Å². The van der Waals surface area contributed by atoms with Gasteiger partial charge in [-0.1, -0.05) is 178 Å². The lowest BCUT2D eigenvalue weighted by atomic mass is 10.1. The van der Waals surface area contributed by atoms with Crippen LogP contribution < -0.4 is 0 Å². The smallest absolute Gasteiger partial charge is 0.306 e. The summed E-state index contributed by atoms with van der Waals surface area (Å²) in [5.74, 6) is -0.965. The Kier molecular flexibility index (Phi) is 38.6. The van der Waals surface area contributed by atoms with Crippen molar-refractivity contribution in [2.75, 3.05) is 13.2 Å². The van der Waals surface area contributed by atoms with Crippen LogP contribution in [0.15, 0.2) is 60.8 Å². The Morgan fingerprint density at radius 3 is 1.17 bits per heavy atom. The van der Waals surface area contributed by atoms with Gasteiger partial charge in [0.1, 0.15) is 13.2 Å². The van der Waals surface area contributed by atoms with E-state index in [2.05, 4.69) is 81.5 Å². The Labute approximate surface area is 320 Å². The third-order valence-electron chi connectivity index (χ3n) is 8.79. The van der Waals surface area contributed by atoms with Gasteiger partial charge in [0.15, 0.2) is 6.10 Å². The minimum atomic E-state index is -0.788. The predicted molar refractivity (Wildman–Crippen MR) is 219 cm³/mol. The van der Waals surface area contributed by atoms with Gasteiger partial charge in [-0.25, -0.2) is 0 Å². The zero-order chi connectivity index (χ0) is 38.0. The highest BCUT2D eigenvalue weighted by atomic mass is 16.6. The standard InChI is InChI=1S/C46H78O6/c1-4-7-10-13-16-18-20-21-22-23-24-25-26-28-30-33-36-39-45(48)51-42-43(41-50-44(47)38-35-32-29-15-12-9-6-3)52-46(49)40-37-34-31-27-19-17-14-11-8-5-2/h7,10,16,18,21-22,24-25,28,30,43H,4-6,8-9,11-15,17,19-20,23,26-27,29,31-42H2,1-3H3/b10-7-,18-16-,22-21-,25-24-,30-28-. The third kappa shape index (κ3) is 38.3. The summed E-state index contributed by atoms with van der Waals surface area (Å²) in [4.78, 5) is 37.4. The topological polar surface area (TPSA) is 78.9 Å². The third-order valence-corrected chi connectivity index (χ3v) is 8.79. The molecule has 0 aromatic rings. The molecular formula is C46H78O6. The average molecular weight is 727 g/mol. The van der Waals surface area contributed by atoms with Gasteiger partial charge in [0.2, 0.25) is 0 Å². The molecule has 0 rings (SSSR count). The summed E-state index contributed by atoms with van der Waals surface area (Å²) in [7, 11) is 0. The fourth-order valence-electron chi connectivity index (χ4n) is 5.59. The Morgan fingerprint density at radius 1 is 0.404 bits per heavy atom. The Hall–Kier alpha value is -2.89. The van der Waals surface area contributed by atoms with Crippen LogP contribution in [0.3, 0.4) is 0 Å². The molecule has 0 saturated heterocycles. The van der Waals surface area contributed by atoms with Gasteiger partial charge in [-0.3, -0.25) is 14.4 Å². The Morgan fingerprint density at radius 2 is 0.750 bits per heavy atom. The number of rotatable bonds is 37. The van der Waals surface area contributed by atoms with Crippen LogP contribution in [0.25, 0.3) is 0 Å². The number of hydrogen-bond donors (Lipinski definition) is 0. The highest BCUT2D eigenvalue weighted by Crippen LogP contribution is 2.13. The molecule has 0 saturated carbocycles. The first-order valence-electron chi connectivity index (χ1n) is 21.3. The molecule has 1 unspecified atom stereocenters. The highest BCUT2D eigenvalue weighted by molar-refractivity contribution is 5.71. The van der Waals surface area contributed by atoms with Crippen molar-refractivity contribution in [3.63, 3.8) is 0 Å². The maximum Gasteiger partial charge on any atom is 0.306 e. The first-order valence-corrected chi connectivity index (χ1v) is 21.3. The van der Waals surface area contributed by atoms with Crippen molar-refractivity contribution in [2.45, 2.75) is 200 Å². The van der Waals surface area contributed by atoms with Crippen LogP contribution >= 0.6 is 0 Å². The number of esters is 3. The lowest BCUT2D eigenvalue weighted by Gasteiger charge is -2.18. The summed E-state index contributed by atoms with van der Waals surface area (Å²) >= 11 is 0. The molecule has 1 atom stereocenters. The van der Waals surface area contributed by atoms with E-state index in [0.717, 1.165) is 77.0 Å². The molecule has 52 heavy (non-hydrogen) atoms. The first kappa shape index (κ1) is 49.1. The van der Waals surface area contributed by atoms with Crippen LogP contribution in [-0.2, 0) is 28.6 Å². The first-order chi connectivity index (χ1) is 25.5. The van der Waals surface area contributed by atoms with E-state index in [1.807, 2.05) is 0 Å². The van der Waals surface area contributed by atoms with Crippen molar-refractivity contribution >= 4 is 17.9 Å². The summed E-state index contributed by atoms with van der Waals surface area (Å²) in [5.41, 5.74) is 0. The largest absolute Gasteiger partial charge is 0.462 e. The molecule has 0 aliphatic carbocycles. The van der Waals surface area contributed by atoms with Crippen molar-refractivity contribution in [2.24, 2.45) is 0 Å². The number of carbonyl (C=O) groups excluding carboxylic acids is 3. The molecule has 6 nitrogen and oxygen atoms in total. The van der Waals surface area contributed by atoms with Gasteiger partial charge in [-0.15, -0.1) is 0 Å². The molecule has 298 valence electrons. The van der Waals surface area contributed by atoms with E-state index >= 15 is 0 Å². The molecule has 0 aromatic carbocycles. The molecule has 0 aromatic heterocycles. The van der Waals surface area contributed by atoms with Crippen LogP contribution in [0.5, 0.6) is 0 Å². The van der Waals surface area contributed by atoms with Crippen LogP contribution in [0.4, 0.5) is 0 Å². The monoisotopic (exact) mass is 727 g/mol. The lowest BCUT2D eigenvalue weighted by Crippen LogP contribution is -2.30. The molecule has 6 heteroatoms. The number of unbranched alkanes of at least 4 members (excludes halogenated alkanes) is 16. The molecule has 0 N–H and O–H groups in total. The predicted octanol–water partition coefficient (Wildman–Crippen LogP) is 13.4. The van der Waals surface area contributed by atoms with Gasteiger partial charge < -0.3 is 14.2 Å². The van der Waals surface area contributed by atoms with Gasteiger partial charge >= 0.3 is 17.9 Å². The second-order valence-electron chi connectivity index (χ2n) is 13.9. The number of hydrogen-bond acceptors (Lipinski definition) is 6. The molecule has 0 aliphatic heterocycles. The number of allylic oxidation sites excluding steroid dienone is 10. The fourth-order valence-corrected chi connectivity index (χ4v) is 5.59. The van der Waals surface area contributed by atoms with Gasteiger partial charge in [0.05, 0.1) is 0 Å². The minimum Gasteiger partial charge on any atom is -0.462 e. The van der Waals surface area contributed by atoms with E-state index in [0.29, 0.717) is 19.3 Å². The maximum atomic E-state index is 12.6. The second kappa shape index (κ2) is 40.9. The molecule has 0 heterocycles. The van der Waals surface area contributed by atoms with E-state index in [4.69, 9.17) is 14.2 Å². The maximum absolute atomic E-state index is 12.6. The van der Waals surface area contributed by atoms with E-state index in [1.54, 1.807) is 0 Å². The van der Waals surface area contributed by atoms with E-state index in [1.165, 1.54) is 70.6 Å². The van der Waals surface area contributed by atoms with Crippen molar-refractivity contribution in [3.8, 4) is 0 Å². The molecule has 0 spiro atoms. The summed E-state index contributed by atoms with van der Waals surface area (Å²) in [6.45, 7) is 6.39. The number of ether oxygens (including phenoxy) is 3. The molecule has 0 aliphatic rings. The summed E-state index contributed by atoms with van der Waals surface area (Å²) < 4.78 is 16.5. The zero-order valence-corrected chi connectivity index (χ0v) is 33.8. The number of carbonyl (C=O) groups is 3. The van der Waals surface area contributed by atoms with Gasteiger partial charge in [-0.05, 0) is 57.8 Å². The Bertz CT molecular complexity index is 975. The highest BCUT2D eigenvalue weighted by Gasteiger charge is 2.19. The van der Waals surface area contributed by atoms with Gasteiger partial charge in [-0.2, -0.15) is 0 Å². The summed E-state index contributed by atoms with van der Waals surface area (Å²) in [6.07, 6.45) is 47.9. The molecule has 0 fully saturated rings. The quantitative estimate of drug-likeness (QED) is 0.0274. The Balaban J connectivity index is 4.41. The summed E-state index contributed by atoms with van der Waals surface area (Å²) in [5, 5.41) is 0. The SMILES string of the molecule is CC/C=C\C/C=C\C/C=C\C/C=C\C/C=C\CCCC(=O)OCC(COC(=O)CCCCCCCCC)OC(=O)CCCCCCCCCCCC. The molecular weight excluding hydrogens is 648 g/mol. The zero-order valence-electron chi connectivity index (χ0n) is 33.8. The molecule has 0 amide bonds. The molecule has 0 radical (unpaired) electrons. The van der Waals surface area contributed by atoms with Crippen molar-refractivity contribution in [1.29, 1.82) is 0 Å². The van der Waals surface area contributed by atoms with E-state index < -0.39 is 6.10 Å². The van der Waals surface area contributed by atoms with Crippen molar-refractivity contribution in [3.05, 3.63) is 60.8 Å². The van der Waals surface area contributed by atoms with Crippen LogP contribution in [0, 0.1) is 0 Å². The van der Waals surface area contributed by atoms with E-state index in [9.17, 15) is 14.4 Å². The van der Waals surface area contributed by atoms with Gasteiger partial charge in [0, 0.05) is 19.3 Å². The lowest BCUT2D eigenvalue weighted by molar-refractivity contribution is -0.167. The van der Waals surface area contributed by atoms with Crippen molar-refractivity contribution < 1.29 is 28.6 Å². The van der Waals surface area contributed by atoms with Crippen LogP contribution in [0.2, 0.25) is 0 Å². The normalized spacial score (nSPS) is 12.6. The second-order valence-corrected chi connectivity index (χ2v) is 13.9. The minimum absolute atomic E-state index is 0.0909. The summed E-state index contributed by atoms with van der Waals surface area (Å²) in [6, 6.07) is 0. The van der Waals surface area contributed by atoms with Gasteiger partial charge in [0.25, 0.3) is 0 Å². The van der Waals surface area contributed by atoms with Crippen molar-refractivity contribution in [1.82, 2.24) is 0 Å². The van der Waals surface area contributed by atoms with Crippen LogP contribution in [-0.4, -0.2) is 37.2 Å².